The zero-order valence-electron chi connectivity index (χ0n) is 15.1. The Kier molecular flexibility index (Phi) is 6.24. The van der Waals surface area contributed by atoms with Gasteiger partial charge in [0.25, 0.3) is 11.5 Å². The second-order valence-electron chi connectivity index (χ2n) is 6.02. The van der Waals surface area contributed by atoms with Gasteiger partial charge in [0.05, 0.1) is 6.21 Å². The van der Waals surface area contributed by atoms with Gasteiger partial charge in [-0.1, -0.05) is 35.9 Å². The van der Waals surface area contributed by atoms with Crippen molar-refractivity contribution >= 4 is 23.7 Å². The Bertz CT molecular complexity index is 1060. The molecule has 0 atom stereocenters. The van der Waals surface area contributed by atoms with Gasteiger partial charge in [-0.3, -0.25) is 9.59 Å². The molecule has 28 heavy (non-hydrogen) atoms. The van der Waals surface area contributed by atoms with Gasteiger partial charge in [0.15, 0.2) is 0 Å². The second kappa shape index (κ2) is 9.01. The second-order valence-corrected chi connectivity index (χ2v) is 6.46. The molecule has 0 saturated heterocycles. The third-order valence-corrected chi connectivity index (χ3v) is 4.18. The summed E-state index contributed by atoms with van der Waals surface area (Å²) in [5.74, 6) is 0.106. The Morgan fingerprint density at radius 3 is 2.75 bits per heavy atom. The van der Waals surface area contributed by atoms with E-state index in [0.717, 1.165) is 11.1 Å². The highest BCUT2D eigenvalue weighted by molar-refractivity contribution is 6.30. The lowest BCUT2D eigenvalue weighted by Crippen LogP contribution is -2.29. The van der Waals surface area contributed by atoms with Gasteiger partial charge in [-0.15, -0.1) is 0 Å². The number of hydrogen-bond donors (Lipinski definition) is 1. The molecule has 0 saturated carbocycles. The van der Waals surface area contributed by atoms with Crippen molar-refractivity contribution in [2.75, 3.05) is 0 Å². The average Bonchev–Trinajstić information content (AvgIpc) is 2.70. The van der Waals surface area contributed by atoms with Gasteiger partial charge in [-0.2, -0.15) is 5.10 Å². The molecule has 6 nitrogen and oxygen atoms in total. The molecule has 0 aliphatic carbocycles. The fourth-order valence-electron chi connectivity index (χ4n) is 2.43. The van der Waals surface area contributed by atoms with Crippen molar-refractivity contribution in [1.29, 1.82) is 0 Å². The van der Waals surface area contributed by atoms with Crippen LogP contribution in [0.2, 0.25) is 5.02 Å². The Balaban J connectivity index is 1.60. The van der Waals surface area contributed by atoms with Crippen molar-refractivity contribution in [2.45, 2.75) is 6.61 Å². The van der Waals surface area contributed by atoms with E-state index in [1.807, 2.05) is 42.5 Å². The van der Waals surface area contributed by atoms with Crippen LogP contribution in [0.4, 0.5) is 0 Å². The van der Waals surface area contributed by atoms with E-state index in [0.29, 0.717) is 17.4 Å². The summed E-state index contributed by atoms with van der Waals surface area (Å²) in [5.41, 5.74) is 3.76. The number of rotatable bonds is 6. The molecule has 7 heteroatoms. The molecule has 1 heterocycles. The monoisotopic (exact) mass is 395 g/mol. The lowest BCUT2D eigenvalue weighted by molar-refractivity contribution is 0.0953. The number of aromatic nitrogens is 1. The summed E-state index contributed by atoms with van der Waals surface area (Å²) in [7, 11) is 1.58. The average molecular weight is 396 g/mol. The number of aryl methyl sites for hydroxylation is 1. The standard InChI is InChI=1S/C21H18ClN3O3/c1-25-11-3-6-19(21(25)27)20(26)24-23-13-16-4-2-5-18(12-16)28-14-15-7-9-17(22)10-8-15/h2-13H,14H2,1H3,(H,24,26)/b23-13-. The van der Waals surface area contributed by atoms with Crippen molar-refractivity contribution in [3.8, 4) is 5.75 Å². The van der Waals surface area contributed by atoms with Crippen LogP contribution in [-0.2, 0) is 13.7 Å². The molecule has 0 spiro atoms. The van der Waals surface area contributed by atoms with Crippen LogP contribution in [0.1, 0.15) is 21.5 Å². The minimum absolute atomic E-state index is 0.0298. The van der Waals surface area contributed by atoms with Gasteiger partial charge in [-0.05, 0) is 47.5 Å². The topological polar surface area (TPSA) is 72.7 Å². The predicted molar refractivity (Wildman–Crippen MR) is 109 cm³/mol. The number of carbonyl (C=O) groups is 1. The number of benzene rings is 2. The quantitative estimate of drug-likeness (QED) is 0.513. The molecule has 0 bridgehead atoms. The number of hydrazone groups is 1. The first-order valence-corrected chi connectivity index (χ1v) is 8.87. The molecular weight excluding hydrogens is 378 g/mol. The SMILES string of the molecule is Cn1cccc(C(=O)N/N=C\c2cccc(OCc3ccc(Cl)cc3)c2)c1=O. The van der Waals surface area contributed by atoms with Gasteiger partial charge in [-0.25, -0.2) is 5.43 Å². The summed E-state index contributed by atoms with van der Waals surface area (Å²) in [6, 6.07) is 17.8. The van der Waals surface area contributed by atoms with Crippen LogP contribution in [0, 0.1) is 0 Å². The number of ether oxygens (including phenoxy) is 1. The Morgan fingerprint density at radius 1 is 1.18 bits per heavy atom. The van der Waals surface area contributed by atoms with E-state index in [9.17, 15) is 9.59 Å². The fraction of sp³-hybridized carbons (Fsp3) is 0.0952. The van der Waals surface area contributed by atoms with E-state index in [1.165, 1.54) is 16.8 Å². The normalized spacial score (nSPS) is 10.8. The highest BCUT2D eigenvalue weighted by atomic mass is 35.5. The van der Waals surface area contributed by atoms with Gasteiger partial charge in [0, 0.05) is 18.3 Å². The number of nitrogens with zero attached hydrogens (tertiary/aromatic N) is 2. The molecular formula is C21H18ClN3O3. The van der Waals surface area contributed by atoms with Crippen LogP contribution in [0.15, 0.2) is 76.8 Å². The molecule has 2 aromatic carbocycles. The van der Waals surface area contributed by atoms with Crippen molar-refractivity contribution in [3.05, 3.63) is 98.9 Å². The van der Waals surface area contributed by atoms with Crippen LogP contribution in [0.3, 0.4) is 0 Å². The van der Waals surface area contributed by atoms with Gasteiger partial charge in [0.1, 0.15) is 17.9 Å². The van der Waals surface area contributed by atoms with Gasteiger partial charge < -0.3 is 9.30 Å². The minimum atomic E-state index is -0.562. The molecule has 3 aromatic rings. The molecule has 1 N–H and O–H groups in total. The summed E-state index contributed by atoms with van der Waals surface area (Å²) in [6.07, 6.45) is 3.07. The van der Waals surface area contributed by atoms with E-state index in [4.69, 9.17) is 16.3 Å². The number of nitrogens with one attached hydrogen (secondary N) is 1. The molecule has 1 amide bonds. The molecule has 0 unspecified atom stereocenters. The summed E-state index contributed by atoms with van der Waals surface area (Å²) in [6.45, 7) is 0.409. The lowest BCUT2D eigenvalue weighted by atomic mass is 10.2. The maximum absolute atomic E-state index is 12.1. The third-order valence-electron chi connectivity index (χ3n) is 3.92. The number of pyridine rings is 1. The van der Waals surface area contributed by atoms with Crippen LogP contribution < -0.4 is 15.7 Å². The molecule has 142 valence electrons. The largest absolute Gasteiger partial charge is 0.489 e. The Morgan fingerprint density at radius 2 is 1.96 bits per heavy atom. The lowest BCUT2D eigenvalue weighted by Gasteiger charge is -2.07. The van der Waals surface area contributed by atoms with Crippen molar-refractivity contribution in [2.24, 2.45) is 12.1 Å². The summed E-state index contributed by atoms with van der Waals surface area (Å²) in [4.78, 5) is 24.0. The molecule has 1 aromatic heterocycles. The third kappa shape index (κ3) is 5.08. The Labute approximate surface area is 167 Å². The number of halogens is 1. The van der Waals surface area contributed by atoms with Crippen LogP contribution >= 0.6 is 11.6 Å². The maximum Gasteiger partial charge on any atom is 0.276 e. The fourth-order valence-corrected chi connectivity index (χ4v) is 2.55. The highest BCUT2D eigenvalue weighted by Crippen LogP contribution is 2.15. The van der Waals surface area contributed by atoms with Crippen molar-refractivity contribution < 1.29 is 9.53 Å². The van der Waals surface area contributed by atoms with Crippen LogP contribution in [-0.4, -0.2) is 16.7 Å². The molecule has 0 aliphatic rings. The van der Waals surface area contributed by atoms with E-state index in [2.05, 4.69) is 10.5 Å². The van der Waals surface area contributed by atoms with E-state index in [1.54, 1.807) is 25.4 Å². The smallest absolute Gasteiger partial charge is 0.276 e. The zero-order chi connectivity index (χ0) is 19.9. The summed E-state index contributed by atoms with van der Waals surface area (Å²) in [5, 5.41) is 4.59. The highest BCUT2D eigenvalue weighted by Gasteiger charge is 2.09. The van der Waals surface area contributed by atoms with Crippen molar-refractivity contribution in [3.63, 3.8) is 0 Å². The molecule has 0 fully saturated rings. The molecule has 3 rings (SSSR count). The molecule has 0 radical (unpaired) electrons. The number of carbonyl (C=O) groups excluding carboxylic acids is 1. The van der Waals surface area contributed by atoms with E-state index < -0.39 is 5.91 Å². The Hall–Kier alpha value is -3.38. The number of amides is 1. The minimum Gasteiger partial charge on any atom is -0.489 e. The van der Waals surface area contributed by atoms with Crippen LogP contribution in [0.25, 0.3) is 0 Å². The van der Waals surface area contributed by atoms with E-state index in [-0.39, 0.29) is 11.1 Å². The molecule has 0 aliphatic heterocycles. The van der Waals surface area contributed by atoms with E-state index >= 15 is 0 Å². The zero-order valence-corrected chi connectivity index (χ0v) is 15.9. The van der Waals surface area contributed by atoms with Gasteiger partial charge in [0.2, 0.25) is 0 Å². The first kappa shape index (κ1) is 19.4. The summed E-state index contributed by atoms with van der Waals surface area (Å²) < 4.78 is 7.10. The number of hydrogen-bond acceptors (Lipinski definition) is 4. The van der Waals surface area contributed by atoms with Crippen molar-refractivity contribution in [1.82, 2.24) is 9.99 Å². The predicted octanol–water partition coefficient (Wildman–Crippen LogP) is 3.38. The maximum atomic E-state index is 12.1. The van der Waals surface area contributed by atoms with Gasteiger partial charge >= 0.3 is 0 Å². The summed E-state index contributed by atoms with van der Waals surface area (Å²) >= 11 is 5.87. The first-order valence-electron chi connectivity index (χ1n) is 8.49. The van der Waals surface area contributed by atoms with Crippen LogP contribution in [0.5, 0.6) is 5.75 Å². The first-order chi connectivity index (χ1) is 13.5.